The number of halogens is 9. The van der Waals surface area contributed by atoms with Crippen molar-refractivity contribution in [3.63, 3.8) is 0 Å². The van der Waals surface area contributed by atoms with Gasteiger partial charge in [0.1, 0.15) is 0 Å². The molecule has 0 unspecified atom stereocenters. The largest absolute Gasteiger partial charge is 0.419 e. The van der Waals surface area contributed by atoms with Crippen LogP contribution in [-0.2, 0) is 18.5 Å². The Morgan fingerprint density at radius 2 is 1.08 bits per heavy atom. The van der Waals surface area contributed by atoms with E-state index in [0.717, 1.165) is 12.1 Å². The van der Waals surface area contributed by atoms with E-state index in [1.165, 1.54) is 0 Å². The molecule has 0 atom stereocenters. The van der Waals surface area contributed by atoms with Crippen molar-refractivity contribution in [3.8, 4) is 11.1 Å². The summed E-state index contributed by atoms with van der Waals surface area (Å²) in [6, 6.07) is 2.87. The van der Waals surface area contributed by atoms with Gasteiger partial charge in [0.2, 0.25) is 0 Å². The summed E-state index contributed by atoms with van der Waals surface area (Å²) in [5.41, 5.74) is -0.289. The van der Waals surface area contributed by atoms with E-state index >= 15 is 0 Å². The Labute approximate surface area is 140 Å². The molecule has 0 aliphatic rings. The Morgan fingerprint density at radius 1 is 0.577 bits per heavy atom. The summed E-state index contributed by atoms with van der Waals surface area (Å²) in [6.45, 7) is 0. The highest BCUT2D eigenvalue weighted by atomic mass is 19.4. The third-order valence-electron chi connectivity index (χ3n) is 3.52. The number of alkyl halides is 9. The predicted molar refractivity (Wildman–Crippen MR) is 75.7 cm³/mol. The van der Waals surface area contributed by atoms with Crippen LogP contribution in [-0.4, -0.2) is 0 Å². The van der Waals surface area contributed by atoms with Crippen LogP contribution in [0.5, 0.6) is 0 Å². The van der Waals surface area contributed by atoms with Gasteiger partial charge in [-0.2, -0.15) is 39.5 Å². The molecular formula is C15H9F9N2. The molecule has 2 aromatic rings. The van der Waals surface area contributed by atoms with Crippen molar-refractivity contribution < 1.29 is 39.5 Å². The zero-order chi connectivity index (χ0) is 20.1. The molecule has 11 heteroatoms. The van der Waals surface area contributed by atoms with Crippen LogP contribution in [0.1, 0.15) is 16.7 Å². The van der Waals surface area contributed by atoms with Crippen molar-refractivity contribution >= 4 is 11.4 Å². The van der Waals surface area contributed by atoms with Crippen LogP contribution in [0, 0.1) is 0 Å². The summed E-state index contributed by atoms with van der Waals surface area (Å²) in [7, 11) is 0. The Morgan fingerprint density at radius 3 is 1.54 bits per heavy atom. The van der Waals surface area contributed by atoms with Crippen LogP contribution in [0.25, 0.3) is 11.1 Å². The first-order chi connectivity index (χ1) is 11.7. The summed E-state index contributed by atoms with van der Waals surface area (Å²) in [5.74, 6) is 0. The first-order valence-electron chi connectivity index (χ1n) is 6.68. The molecule has 0 amide bonds. The molecule has 0 spiro atoms. The summed E-state index contributed by atoms with van der Waals surface area (Å²) in [5, 5.41) is 0. The van der Waals surface area contributed by atoms with Crippen molar-refractivity contribution in [2.45, 2.75) is 18.5 Å². The van der Waals surface area contributed by atoms with Gasteiger partial charge >= 0.3 is 18.5 Å². The average Bonchev–Trinajstić information content (AvgIpc) is 2.46. The second-order valence-electron chi connectivity index (χ2n) is 5.21. The normalized spacial score (nSPS) is 13.1. The van der Waals surface area contributed by atoms with Crippen LogP contribution < -0.4 is 11.5 Å². The minimum Gasteiger partial charge on any atom is -0.397 e. The second-order valence-corrected chi connectivity index (χ2v) is 5.21. The lowest BCUT2D eigenvalue weighted by Crippen LogP contribution is -2.18. The van der Waals surface area contributed by atoms with Crippen LogP contribution in [0.3, 0.4) is 0 Å². The minimum absolute atomic E-state index is 0.0703. The summed E-state index contributed by atoms with van der Waals surface area (Å²) in [6.07, 6.45) is -15.7. The molecule has 2 aromatic carbocycles. The molecule has 2 rings (SSSR count). The lowest BCUT2D eigenvalue weighted by atomic mass is 9.90. The molecule has 142 valence electrons. The fraction of sp³-hybridized carbons (Fsp3) is 0.200. The maximum Gasteiger partial charge on any atom is 0.419 e. The third-order valence-corrected chi connectivity index (χ3v) is 3.52. The number of hydrogen-bond donors (Lipinski definition) is 2. The summed E-state index contributed by atoms with van der Waals surface area (Å²) >= 11 is 0. The van der Waals surface area contributed by atoms with Gasteiger partial charge in [0, 0.05) is 0 Å². The molecule has 0 fully saturated rings. The van der Waals surface area contributed by atoms with E-state index in [-0.39, 0.29) is 6.07 Å². The molecule has 0 radical (unpaired) electrons. The molecule has 4 N–H and O–H groups in total. The smallest absolute Gasteiger partial charge is 0.397 e. The van der Waals surface area contributed by atoms with Crippen LogP contribution in [0.2, 0.25) is 0 Å². The Hall–Kier alpha value is -2.59. The van der Waals surface area contributed by atoms with Gasteiger partial charge < -0.3 is 11.5 Å². The first kappa shape index (κ1) is 19.7. The van der Waals surface area contributed by atoms with E-state index in [1.807, 2.05) is 0 Å². The van der Waals surface area contributed by atoms with E-state index in [2.05, 4.69) is 0 Å². The van der Waals surface area contributed by atoms with E-state index in [0.29, 0.717) is 12.1 Å². The minimum atomic E-state index is -5.34. The van der Waals surface area contributed by atoms with Crippen molar-refractivity contribution in [1.29, 1.82) is 0 Å². The molecular weight excluding hydrogens is 379 g/mol. The maximum absolute atomic E-state index is 13.3. The summed E-state index contributed by atoms with van der Waals surface area (Å²) in [4.78, 5) is 0. The number of anilines is 2. The van der Waals surface area contributed by atoms with Crippen molar-refractivity contribution in [2.24, 2.45) is 0 Å². The zero-order valence-electron chi connectivity index (χ0n) is 12.4. The standard InChI is InChI=1S/C15H9F9N2/c16-13(17,18)8-4-2-1-3-6(8)7-5-9(14(19,20)21)11(25)12(26)10(7)15(22,23)24/h1-5H,25-26H2. The number of nitrogens with two attached hydrogens (primary N) is 2. The predicted octanol–water partition coefficient (Wildman–Crippen LogP) is 5.57. The number of benzene rings is 2. The number of nitrogen functional groups attached to an aromatic ring is 2. The highest BCUT2D eigenvalue weighted by Gasteiger charge is 2.43. The average molecular weight is 388 g/mol. The Bertz CT molecular complexity index is 833. The molecule has 26 heavy (non-hydrogen) atoms. The SMILES string of the molecule is Nc1c(C(F)(F)F)cc(-c2ccccc2C(F)(F)F)c(C(F)(F)F)c1N. The zero-order valence-corrected chi connectivity index (χ0v) is 12.4. The molecule has 0 saturated heterocycles. The Balaban J connectivity index is 3.00. The fourth-order valence-corrected chi connectivity index (χ4v) is 2.44. The molecule has 0 aliphatic carbocycles. The van der Waals surface area contributed by atoms with Crippen LogP contribution in [0.4, 0.5) is 50.9 Å². The second kappa shape index (κ2) is 5.99. The molecule has 0 aromatic heterocycles. The van der Waals surface area contributed by atoms with Crippen molar-refractivity contribution in [1.82, 2.24) is 0 Å². The van der Waals surface area contributed by atoms with Crippen molar-refractivity contribution in [3.05, 3.63) is 47.0 Å². The molecule has 0 aliphatic heterocycles. The maximum atomic E-state index is 13.3. The molecule has 0 saturated carbocycles. The van der Waals surface area contributed by atoms with E-state index in [4.69, 9.17) is 11.5 Å². The molecule has 2 nitrogen and oxygen atoms in total. The Kier molecular flexibility index (Phi) is 4.55. The summed E-state index contributed by atoms with van der Waals surface area (Å²) < 4.78 is 118. The first-order valence-corrected chi connectivity index (χ1v) is 6.68. The van der Waals surface area contributed by atoms with Gasteiger partial charge in [-0.3, -0.25) is 0 Å². The highest BCUT2D eigenvalue weighted by molar-refractivity contribution is 5.85. The van der Waals surface area contributed by atoms with Gasteiger partial charge in [-0.15, -0.1) is 0 Å². The quantitative estimate of drug-likeness (QED) is 0.495. The van der Waals surface area contributed by atoms with E-state index in [9.17, 15) is 39.5 Å². The monoisotopic (exact) mass is 388 g/mol. The lowest BCUT2D eigenvalue weighted by Gasteiger charge is -2.22. The topological polar surface area (TPSA) is 52.0 Å². The van der Waals surface area contributed by atoms with E-state index < -0.39 is 57.7 Å². The van der Waals surface area contributed by atoms with Gasteiger partial charge in [-0.25, -0.2) is 0 Å². The van der Waals surface area contributed by atoms with Gasteiger partial charge in [0.05, 0.1) is 28.1 Å². The lowest BCUT2D eigenvalue weighted by molar-refractivity contribution is -0.140. The van der Waals surface area contributed by atoms with Crippen molar-refractivity contribution in [2.75, 3.05) is 11.5 Å². The van der Waals surface area contributed by atoms with Gasteiger partial charge in [-0.1, -0.05) is 18.2 Å². The van der Waals surface area contributed by atoms with Crippen LogP contribution in [0.15, 0.2) is 30.3 Å². The van der Waals surface area contributed by atoms with Gasteiger partial charge in [-0.05, 0) is 23.3 Å². The fourth-order valence-electron chi connectivity index (χ4n) is 2.44. The van der Waals surface area contributed by atoms with Gasteiger partial charge in [0.15, 0.2) is 0 Å². The molecule has 0 bridgehead atoms. The van der Waals surface area contributed by atoms with E-state index in [1.54, 1.807) is 0 Å². The highest BCUT2D eigenvalue weighted by Crippen LogP contribution is 2.49. The molecule has 0 heterocycles. The van der Waals surface area contributed by atoms with Crippen LogP contribution >= 0.6 is 0 Å². The number of hydrogen-bond acceptors (Lipinski definition) is 2. The third kappa shape index (κ3) is 3.51. The van der Waals surface area contributed by atoms with Gasteiger partial charge in [0.25, 0.3) is 0 Å². The number of rotatable bonds is 1.